The van der Waals surface area contributed by atoms with Gasteiger partial charge in [-0.1, -0.05) is 103 Å². The van der Waals surface area contributed by atoms with Gasteiger partial charge < -0.3 is 10.8 Å². The number of rotatable bonds is 5. The second kappa shape index (κ2) is 12.8. The molecule has 46 heavy (non-hydrogen) atoms. The Morgan fingerprint density at radius 1 is 0.761 bits per heavy atom. The number of nitrogens with zero attached hydrogens (tertiary/aromatic N) is 2. The van der Waals surface area contributed by atoms with Crippen LogP contribution in [0.4, 0.5) is 5.82 Å². The summed E-state index contributed by atoms with van der Waals surface area (Å²) in [6.45, 7) is 0. The van der Waals surface area contributed by atoms with E-state index in [1.54, 1.807) is 23.4 Å². The highest BCUT2D eigenvalue weighted by Crippen LogP contribution is 2.36. The molecular formula is C41H35N3O2. The van der Waals surface area contributed by atoms with E-state index in [2.05, 4.69) is 82.8 Å². The first-order chi connectivity index (χ1) is 22.5. The Hall–Kier alpha value is -5.55. The standard InChI is InChI=1S/C31H28N2.C10H7NO2/c32-31-7-3-6-30(33-31)24-13-10-21(11-14-24)8-9-22-12-17-27-25(20-22)16-19-28-26-5-2-1-4-23(26)15-18-29(27)28;12-10(13)9-5-7-3-1-2-4-8(7)6-11-9/h1-7,10-11,13-16,18-19,22H,8-9,12,17,20H2,(H2,32,33);1-6H,(H,12,13). The van der Waals surface area contributed by atoms with E-state index in [1.807, 2.05) is 42.5 Å². The van der Waals surface area contributed by atoms with Crippen LogP contribution in [-0.2, 0) is 19.3 Å². The molecule has 1 atom stereocenters. The van der Waals surface area contributed by atoms with Gasteiger partial charge in [0.15, 0.2) is 0 Å². The third kappa shape index (κ3) is 6.18. The summed E-state index contributed by atoms with van der Waals surface area (Å²) in [7, 11) is 0. The molecule has 5 heteroatoms. The van der Waals surface area contributed by atoms with Gasteiger partial charge in [0, 0.05) is 17.1 Å². The summed E-state index contributed by atoms with van der Waals surface area (Å²) in [6, 6.07) is 41.8. The third-order valence-corrected chi connectivity index (χ3v) is 9.16. The molecule has 7 aromatic rings. The average Bonchev–Trinajstić information content (AvgIpc) is 3.10. The molecule has 0 aliphatic heterocycles. The van der Waals surface area contributed by atoms with Gasteiger partial charge in [0.1, 0.15) is 11.5 Å². The minimum atomic E-state index is -0.995. The van der Waals surface area contributed by atoms with Crippen molar-refractivity contribution in [1.29, 1.82) is 0 Å². The van der Waals surface area contributed by atoms with E-state index in [0.29, 0.717) is 5.82 Å². The molecule has 8 rings (SSSR count). The second-order valence-electron chi connectivity index (χ2n) is 12.1. The molecule has 1 aliphatic rings. The van der Waals surface area contributed by atoms with Crippen LogP contribution in [0.2, 0.25) is 0 Å². The number of benzene rings is 5. The zero-order chi connectivity index (χ0) is 31.5. The maximum absolute atomic E-state index is 10.6. The molecule has 1 unspecified atom stereocenters. The highest BCUT2D eigenvalue weighted by molar-refractivity contribution is 6.08. The fourth-order valence-electron chi connectivity index (χ4n) is 6.72. The molecule has 0 saturated carbocycles. The van der Waals surface area contributed by atoms with Gasteiger partial charge in [-0.2, -0.15) is 0 Å². The fraction of sp³-hybridized carbons (Fsp3) is 0.146. The number of hydrogen-bond donors (Lipinski definition) is 2. The van der Waals surface area contributed by atoms with Crippen molar-refractivity contribution in [2.75, 3.05) is 5.73 Å². The van der Waals surface area contributed by atoms with Crippen LogP contribution in [0.1, 0.15) is 40.0 Å². The number of nitrogen functional groups attached to an aromatic ring is 1. The number of aromatic carboxylic acids is 1. The Bertz CT molecular complexity index is 2190. The van der Waals surface area contributed by atoms with Gasteiger partial charge in [-0.25, -0.2) is 14.8 Å². The molecule has 0 amide bonds. The Balaban J connectivity index is 0.000000218. The number of pyridine rings is 2. The molecule has 0 fully saturated rings. The van der Waals surface area contributed by atoms with Crippen molar-refractivity contribution < 1.29 is 9.90 Å². The first-order valence-electron chi connectivity index (χ1n) is 15.8. The number of hydrogen-bond acceptors (Lipinski definition) is 4. The minimum absolute atomic E-state index is 0.0821. The van der Waals surface area contributed by atoms with Gasteiger partial charge >= 0.3 is 5.97 Å². The molecule has 0 radical (unpaired) electrons. The Morgan fingerprint density at radius 2 is 1.52 bits per heavy atom. The lowest BCUT2D eigenvalue weighted by Crippen LogP contribution is -2.15. The Morgan fingerprint density at radius 3 is 2.33 bits per heavy atom. The summed E-state index contributed by atoms with van der Waals surface area (Å²) in [6.07, 6.45) is 7.61. The van der Waals surface area contributed by atoms with Crippen molar-refractivity contribution in [1.82, 2.24) is 9.97 Å². The van der Waals surface area contributed by atoms with Gasteiger partial charge in [0.25, 0.3) is 0 Å². The van der Waals surface area contributed by atoms with Crippen LogP contribution in [0.15, 0.2) is 128 Å². The van der Waals surface area contributed by atoms with Gasteiger partial charge in [-0.15, -0.1) is 0 Å². The summed E-state index contributed by atoms with van der Waals surface area (Å²) in [4.78, 5) is 18.8. The number of carboxylic acid groups (broad SMARTS) is 1. The normalized spacial score (nSPS) is 14.0. The van der Waals surface area contributed by atoms with Crippen LogP contribution in [0.25, 0.3) is 43.6 Å². The van der Waals surface area contributed by atoms with Crippen molar-refractivity contribution in [2.24, 2.45) is 5.92 Å². The summed E-state index contributed by atoms with van der Waals surface area (Å²) in [5, 5.41) is 16.1. The van der Waals surface area contributed by atoms with Crippen LogP contribution in [0.3, 0.4) is 0 Å². The van der Waals surface area contributed by atoms with Crippen LogP contribution < -0.4 is 5.73 Å². The number of nitrogens with two attached hydrogens (primary N) is 1. The average molecular weight is 602 g/mol. The molecule has 5 aromatic carbocycles. The van der Waals surface area contributed by atoms with Crippen LogP contribution in [0, 0.1) is 5.92 Å². The van der Waals surface area contributed by atoms with Gasteiger partial charge in [0.05, 0.1) is 5.69 Å². The third-order valence-electron chi connectivity index (χ3n) is 9.16. The van der Waals surface area contributed by atoms with E-state index in [-0.39, 0.29) is 5.69 Å². The fourth-order valence-corrected chi connectivity index (χ4v) is 6.72. The zero-order valence-electron chi connectivity index (χ0n) is 25.6. The minimum Gasteiger partial charge on any atom is -0.477 e. The maximum Gasteiger partial charge on any atom is 0.354 e. The predicted molar refractivity (Wildman–Crippen MR) is 188 cm³/mol. The van der Waals surface area contributed by atoms with Gasteiger partial charge in [0.2, 0.25) is 0 Å². The number of aryl methyl sites for hydroxylation is 2. The molecule has 1 aliphatic carbocycles. The van der Waals surface area contributed by atoms with Crippen LogP contribution in [-0.4, -0.2) is 21.0 Å². The van der Waals surface area contributed by atoms with E-state index in [0.717, 1.165) is 34.4 Å². The molecule has 0 bridgehead atoms. The monoisotopic (exact) mass is 601 g/mol. The quantitative estimate of drug-likeness (QED) is 0.192. The van der Waals surface area contributed by atoms with Crippen LogP contribution >= 0.6 is 0 Å². The highest BCUT2D eigenvalue weighted by Gasteiger charge is 2.21. The molecule has 5 nitrogen and oxygen atoms in total. The molecule has 0 saturated heterocycles. The zero-order valence-corrected chi connectivity index (χ0v) is 25.6. The molecular weight excluding hydrogens is 566 g/mol. The SMILES string of the molecule is Nc1cccc(-c2ccc(CCC3CCc4c(ccc5c4ccc4ccccc45)C3)cc2)n1.O=C(O)c1cc2ccccc2cn1. The number of carbonyl (C=O) groups is 1. The van der Waals surface area contributed by atoms with E-state index >= 15 is 0 Å². The molecule has 3 N–H and O–H groups in total. The number of carboxylic acids is 1. The number of aromatic nitrogens is 2. The predicted octanol–water partition coefficient (Wildman–Crippen LogP) is 9.31. The number of fused-ring (bicyclic) bond motifs is 6. The van der Waals surface area contributed by atoms with E-state index < -0.39 is 5.97 Å². The summed E-state index contributed by atoms with van der Waals surface area (Å²) < 4.78 is 0. The van der Waals surface area contributed by atoms with Crippen molar-refractivity contribution in [2.45, 2.75) is 32.1 Å². The highest BCUT2D eigenvalue weighted by atomic mass is 16.4. The summed E-state index contributed by atoms with van der Waals surface area (Å²) in [5.74, 6) is 0.326. The summed E-state index contributed by atoms with van der Waals surface area (Å²) >= 11 is 0. The lowest BCUT2D eigenvalue weighted by Gasteiger charge is -2.26. The smallest absolute Gasteiger partial charge is 0.354 e. The van der Waals surface area contributed by atoms with Crippen molar-refractivity contribution >= 4 is 44.1 Å². The van der Waals surface area contributed by atoms with E-state index in [4.69, 9.17) is 10.8 Å². The molecule has 2 aromatic heterocycles. The molecule has 2 heterocycles. The van der Waals surface area contributed by atoms with Crippen LogP contribution in [0.5, 0.6) is 0 Å². The van der Waals surface area contributed by atoms with E-state index in [9.17, 15) is 4.79 Å². The Labute approximate surface area is 268 Å². The molecule has 226 valence electrons. The topological polar surface area (TPSA) is 89.1 Å². The van der Waals surface area contributed by atoms with Crippen molar-refractivity contribution in [3.05, 3.63) is 150 Å². The summed E-state index contributed by atoms with van der Waals surface area (Å²) in [5.41, 5.74) is 12.5. The first kappa shape index (κ1) is 29.2. The maximum atomic E-state index is 10.6. The largest absolute Gasteiger partial charge is 0.477 e. The Kier molecular flexibility index (Phi) is 8.13. The molecule has 0 spiro atoms. The first-order valence-corrected chi connectivity index (χ1v) is 15.8. The van der Waals surface area contributed by atoms with Crippen molar-refractivity contribution in [3.8, 4) is 11.3 Å². The van der Waals surface area contributed by atoms with Crippen molar-refractivity contribution in [3.63, 3.8) is 0 Å². The number of anilines is 1. The lowest BCUT2D eigenvalue weighted by atomic mass is 9.79. The second-order valence-corrected chi connectivity index (χ2v) is 12.1. The van der Waals surface area contributed by atoms with Gasteiger partial charge in [-0.3, -0.25) is 0 Å². The van der Waals surface area contributed by atoms with Gasteiger partial charge in [-0.05, 0) is 99.8 Å². The lowest BCUT2D eigenvalue weighted by molar-refractivity contribution is 0.0690. The van der Waals surface area contributed by atoms with E-state index in [1.165, 1.54) is 52.8 Å².